The maximum absolute atomic E-state index is 13.6. The topological polar surface area (TPSA) is 104 Å². The molecule has 8 nitrogen and oxygen atoms in total. The van der Waals surface area contributed by atoms with E-state index in [1.165, 1.54) is 12.1 Å². The van der Waals surface area contributed by atoms with Crippen LogP contribution in [0.1, 0.15) is 39.5 Å². The summed E-state index contributed by atoms with van der Waals surface area (Å²) >= 11 is 0. The zero-order valence-electron chi connectivity index (χ0n) is 16.3. The van der Waals surface area contributed by atoms with E-state index >= 15 is 0 Å². The molecule has 0 aliphatic carbocycles. The number of anilines is 1. The van der Waals surface area contributed by atoms with Gasteiger partial charge < -0.3 is 19.8 Å². The van der Waals surface area contributed by atoms with Crippen molar-refractivity contribution < 1.29 is 23.3 Å². The van der Waals surface area contributed by atoms with Crippen LogP contribution in [0.15, 0.2) is 22.7 Å². The van der Waals surface area contributed by atoms with Crippen molar-refractivity contribution in [2.45, 2.75) is 46.3 Å². The summed E-state index contributed by atoms with van der Waals surface area (Å²) in [6, 6.07) is 4.35. The largest absolute Gasteiger partial charge is 0.396 e. The predicted octanol–water partition coefficient (Wildman–Crippen LogP) is 2.94. The molecule has 2 aromatic rings. The zero-order valence-corrected chi connectivity index (χ0v) is 16.3. The SMILES string of the molecule is CC(C)(C)C(=O)ON1CCC(OCc2nc(-c3ccc(N)c(F)c3)no2)CC1. The van der Waals surface area contributed by atoms with Crippen molar-refractivity contribution in [3.05, 3.63) is 29.9 Å². The molecular formula is C19H25FN4O4. The fourth-order valence-electron chi connectivity index (χ4n) is 2.63. The Kier molecular flexibility index (Phi) is 5.95. The van der Waals surface area contributed by atoms with Crippen molar-refractivity contribution in [3.8, 4) is 11.4 Å². The quantitative estimate of drug-likeness (QED) is 0.775. The molecule has 0 unspecified atom stereocenters. The molecule has 28 heavy (non-hydrogen) atoms. The van der Waals surface area contributed by atoms with Gasteiger partial charge in [0.25, 0.3) is 5.89 Å². The Morgan fingerprint density at radius 3 is 2.71 bits per heavy atom. The van der Waals surface area contributed by atoms with Gasteiger partial charge in [0, 0.05) is 18.7 Å². The fraction of sp³-hybridized carbons (Fsp3) is 0.526. The van der Waals surface area contributed by atoms with E-state index in [1.54, 1.807) is 11.1 Å². The standard InChI is InChI=1S/C19H25FN4O4/c1-19(2,3)18(25)28-24-8-6-13(7-9-24)26-11-16-22-17(23-27-16)12-4-5-15(21)14(20)10-12/h4-5,10,13H,6-9,11,21H2,1-3H3. The van der Waals surface area contributed by atoms with Gasteiger partial charge in [0.15, 0.2) is 0 Å². The molecule has 1 aromatic carbocycles. The predicted molar refractivity (Wildman–Crippen MR) is 99.0 cm³/mol. The Labute approximate surface area is 162 Å². The summed E-state index contributed by atoms with van der Waals surface area (Å²) in [4.78, 5) is 21.6. The number of hydrogen-bond donors (Lipinski definition) is 1. The third-order valence-corrected chi connectivity index (χ3v) is 4.39. The van der Waals surface area contributed by atoms with E-state index in [0.717, 1.165) is 12.8 Å². The summed E-state index contributed by atoms with van der Waals surface area (Å²) in [5.74, 6) is -0.182. The van der Waals surface area contributed by atoms with E-state index in [4.69, 9.17) is 19.8 Å². The second kappa shape index (κ2) is 8.24. The van der Waals surface area contributed by atoms with Gasteiger partial charge in [0.1, 0.15) is 12.4 Å². The van der Waals surface area contributed by atoms with Crippen molar-refractivity contribution in [1.82, 2.24) is 15.2 Å². The first-order valence-electron chi connectivity index (χ1n) is 9.19. The van der Waals surface area contributed by atoms with E-state index in [2.05, 4.69) is 10.1 Å². The molecule has 0 radical (unpaired) electrons. The van der Waals surface area contributed by atoms with Crippen LogP contribution >= 0.6 is 0 Å². The molecule has 3 rings (SSSR count). The Bertz CT molecular complexity index is 826. The first-order chi connectivity index (χ1) is 13.2. The molecule has 9 heteroatoms. The minimum absolute atomic E-state index is 0.00825. The van der Waals surface area contributed by atoms with Gasteiger partial charge in [-0.05, 0) is 51.8 Å². The highest BCUT2D eigenvalue weighted by Crippen LogP contribution is 2.22. The molecule has 0 saturated carbocycles. The van der Waals surface area contributed by atoms with Gasteiger partial charge in [-0.2, -0.15) is 4.98 Å². The highest BCUT2D eigenvalue weighted by atomic mass is 19.1. The Hall–Kier alpha value is -2.52. The Morgan fingerprint density at radius 2 is 2.07 bits per heavy atom. The van der Waals surface area contributed by atoms with Crippen LogP contribution in [0.2, 0.25) is 0 Å². The summed E-state index contributed by atoms with van der Waals surface area (Å²) in [7, 11) is 0. The third kappa shape index (κ3) is 5.05. The molecule has 1 saturated heterocycles. The minimum atomic E-state index is -0.531. The second-order valence-electron chi connectivity index (χ2n) is 7.82. The first-order valence-corrected chi connectivity index (χ1v) is 9.19. The smallest absolute Gasteiger partial charge is 0.330 e. The molecule has 152 valence electrons. The number of benzene rings is 1. The van der Waals surface area contributed by atoms with Crippen LogP contribution in [0.5, 0.6) is 0 Å². The van der Waals surface area contributed by atoms with Gasteiger partial charge >= 0.3 is 5.97 Å². The normalized spacial score (nSPS) is 16.3. The highest BCUT2D eigenvalue weighted by Gasteiger charge is 2.28. The number of carbonyl (C=O) groups excluding carboxylic acids is 1. The van der Waals surface area contributed by atoms with Crippen LogP contribution in [0.3, 0.4) is 0 Å². The van der Waals surface area contributed by atoms with Gasteiger partial charge in [-0.3, -0.25) is 0 Å². The molecule has 0 amide bonds. The molecule has 0 atom stereocenters. The summed E-state index contributed by atoms with van der Waals surface area (Å²) in [6.45, 7) is 6.84. The molecule has 1 aliphatic heterocycles. The van der Waals surface area contributed by atoms with Crippen LogP contribution in [-0.2, 0) is 21.0 Å². The number of hydrogen-bond acceptors (Lipinski definition) is 8. The lowest BCUT2D eigenvalue weighted by Crippen LogP contribution is -2.40. The van der Waals surface area contributed by atoms with Crippen LogP contribution < -0.4 is 5.73 Å². The van der Waals surface area contributed by atoms with Gasteiger partial charge in [0.2, 0.25) is 5.82 Å². The summed E-state index contributed by atoms with van der Waals surface area (Å²) < 4.78 is 24.6. The van der Waals surface area contributed by atoms with Crippen LogP contribution in [0.25, 0.3) is 11.4 Å². The number of hydroxylamine groups is 2. The third-order valence-electron chi connectivity index (χ3n) is 4.39. The molecular weight excluding hydrogens is 367 g/mol. The van der Waals surface area contributed by atoms with E-state index in [1.807, 2.05) is 20.8 Å². The highest BCUT2D eigenvalue weighted by molar-refractivity contribution is 5.75. The first kappa shape index (κ1) is 20.2. The number of carbonyl (C=O) groups is 1. The number of nitrogens with two attached hydrogens (primary N) is 1. The van der Waals surface area contributed by atoms with E-state index in [0.29, 0.717) is 24.5 Å². The van der Waals surface area contributed by atoms with Crippen LogP contribution in [0.4, 0.5) is 10.1 Å². The summed E-state index contributed by atoms with van der Waals surface area (Å²) in [5.41, 5.74) is 5.49. The molecule has 0 spiro atoms. The van der Waals surface area contributed by atoms with Gasteiger partial charge in [-0.1, -0.05) is 5.16 Å². The number of halogens is 1. The number of ether oxygens (including phenoxy) is 1. The molecule has 2 heterocycles. The fourth-order valence-corrected chi connectivity index (χ4v) is 2.63. The van der Waals surface area contributed by atoms with E-state index in [9.17, 15) is 9.18 Å². The summed E-state index contributed by atoms with van der Waals surface area (Å²) in [6.07, 6.45) is 1.46. The lowest BCUT2D eigenvalue weighted by atomic mass is 9.98. The number of nitrogens with zero attached hydrogens (tertiary/aromatic N) is 3. The number of nitrogen functional groups attached to an aromatic ring is 1. The van der Waals surface area contributed by atoms with Gasteiger partial charge in [0.05, 0.1) is 17.2 Å². The molecule has 1 fully saturated rings. The molecule has 1 aromatic heterocycles. The molecule has 2 N–H and O–H groups in total. The lowest BCUT2D eigenvalue weighted by molar-refractivity contribution is -0.209. The average Bonchev–Trinajstić information content (AvgIpc) is 3.11. The zero-order chi connectivity index (χ0) is 20.3. The van der Waals surface area contributed by atoms with Gasteiger partial charge in [-0.15, -0.1) is 5.06 Å². The maximum atomic E-state index is 13.6. The molecule has 1 aliphatic rings. The maximum Gasteiger partial charge on any atom is 0.330 e. The number of piperidine rings is 1. The number of aromatic nitrogens is 2. The Balaban J connectivity index is 1.46. The lowest BCUT2D eigenvalue weighted by Gasteiger charge is -2.31. The van der Waals surface area contributed by atoms with Crippen molar-refractivity contribution in [2.75, 3.05) is 18.8 Å². The van der Waals surface area contributed by atoms with Crippen molar-refractivity contribution in [3.63, 3.8) is 0 Å². The monoisotopic (exact) mass is 392 g/mol. The number of rotatable bonds is 5. The summed E-state index contributed by atoms with van der Waals surface area (Å²) in [5, 5.41) is 5.52. The van der Waals surface area contributed by atoms with Crippen molar-refractivity contribution in [1.29, 1.82) is 0 Å². The molecule has 0 bridgehead atoms. The van der Waals surface area contributed by atoms with Crippen molar-refractivity contribution in [2.24, 2.45) is 5.41 Å². The Morgan fingerprint density at radius 1 is 1.36 bits per heavy atom. The van der Waals surface area contributed by atoms with E-state index < -0.39 is 11.2 Å². The van der Waals surface area contributed by atoms with Crippen LogP contribution in [-0.4, -0.2) is 40.4 Å². The minimum Gasteiger partial charge on any atom is -0.396 e. The second-order valence-corrected chi connectivity index (χ2v) is 7.82. The van der Waals surface area contributed by atoms with Crippen molar-refractivity contribution >= 4 is 11.7 Å². The van der Waals surface area contributed by atoms with Crippen LogP contribution in [0, 0.1) is 11.2 Å². The van der Waals surface area contributed by atoms with E-state index in [-0.39, 0.29) is 30.2 Å². The average molecular weight is 392 g/mol. The van der Waals surface area contributed by atoms with Gasteiger partial charge in [-0.25, -0.2) is 9.18 Å².